The summed E-state index contributed by atoms with van der Waals surface area (Å²) < 4.78 is 23.8. The number of benzene rings is 2. The molecule has 33 heavy (non-hydrogen) atoms. The number of hydrogen-bond acceptors (Lipinski definition) is 8. The Balaban J connectivity index is 1.43. The van der Waals surface area contributed by atoms with Crippen LogP contribution in [0.2, 0.25) is 0 Å². The van der Waals surface area contributed by atoms with E-state index in [-0.39, 0.29) is 30.9 Å². The molecule has 9 heteroatoms. The van der Waals surface area contributed by atoms with E-state index in [9.17, 15) is 4.79 Å². The second-order valence-corrected chi connectivity index (χ2v) is 8.15. The Hall–Kier alpha value is -3.85. The predicted molar refractivity (Wildman–Crippen MR) is 120 cm³/mol. The van der Waals surface area contributed by atoms with Gasteiger partial charge in [-0.2, -0.15) is 0 Å². The largest absolute Gasteiger partial charge is 0.459 e. The monoisotopic (exact) mass is 446 g/mol. The van der Waals surface area contributed by atoms with Crippen molar-refractivity contribution < 1.29 is 23.7 Å². The molecule has 0 bridgehead atoms. The smallest absolute Gasteiger partial charge is 0.344 e. The van der Waals surface area contributed by atoms with Crippen molar-refractivity contribution in [3.63, 3.8) is 0 Å². The normalized spacial score (nSPS) is 17.2. The van der Waals surface area contributed by atoms with E-state index in [1.54, 1.807) is 4.57 Å². The molecule has 9 nitrogen and oxygen atoms in total. The minimum atomic E-state index is -0.526. The number of fused-ring (bicyclic) bond motifs is 3. The van der Waals surface area contributed by atoms with Gasteiger partial charge in [-0.3, -0.25) is 0 Å². The molecule has 1 atom stereocenters. The van der Waals surface area contributed by atoms with Crippen molar-refractivity contribution in [2.75, 3.05) is 25.7 Å². The number of carbonyl (C=O) groups is 1. The molecule has 0 spiro atoms. The molecule has 0 aliphatic carbocycles. The van der Waals surface area contributed by atoms with Crippen LogP contribution in [0, 0.1) is 0 Å². The zero-order valence-corrected chi connectivity index (χ0v) is 17.8. The van der Waals surface area contributed by atoms with E-state index in [4.69, 9.17) is 34.6 Å². The number of nitrogens with zero attached hydrogens (tertiary/aromatic N) is 3. The zero-order valence-electron chi connectivity index (χ0n) is 17.8. The molecule has 0 saturated carbocycles. The molecule has 4 heterocycles. The van der Waals surface area contributed by atoms with E-state index < -0.39 is 5.97 Å². The molecule has 2 aromatic heterocycles. The van der Waals surface area contributed by atoms with Gasteiger partial charge < -0.3 is 29.2 Å². The molecule has 2 aliphatic heterocycles. The molecule has 168 valence electrons. The third kappa shape index (κ3) is 3.50. The fraction of sp³-hybridized carbons (Fsp3) is 0.292. The summed E-state index contributed by atoms with van der Waals surface area (Å²) in [5.41, 5.74) is 10.0. The number of nitrogen functional groups attached to an aromatic ring is 1. The van der Waals surface area contributed by atoms with Crippen LogP contribution < -0.4 is 15.2 Å². The summed E-state index contributed by atoms with van der Waals surface area (Å²) in [6.45, 7) is 1.46. The number of anilines is 1. The molecule has 6 rings (SSSR count). The minimum absolute atomic E-state index is 0.0796. The number of rotatable bonds is 5. The van der Waals surface area contributed by atoms with Crippen molar-refractivity contribution in [2.45, 2.75) is 25.5 Å². The summed E-state index contributed by atoms with van der Waals surface area (Å²) >= 11 is 0. The summed E-state index contributed by atoms with van der Waals surface area (Å²) in [6, 6.07) is 13.2. The van der Waals surface area contributed by atoms with Gasteiger partial charge in [0.2, 0.25) is 6.79 Å². The van der Waals surface area contributed by atoms with Crippen LogP contribution in [0.15, 0.2) is 42.5 Å². The highest BCUT2D eigenvalue weighted by Gasteiger charge is 2.27. The van der Waals surface area contributed by atoms with Crippen molar-refractivity contribution in [1.82, 2.24) is 14.5 Å². The molecule has 1 unspecified atom stereocenters. The summed E-state index contributed by atoms with van der Waals surface area (Å²) in [4.78, 5) is 22.6. The van der Waals surface area contributed by atoms with Gasteiger partial charge in [0.25, 0.3) is 0 Å². The lowest BCUT2D eigenvalue weighted by Gasteiger charge is -2.11. The number of aromatic nitrogens is 3. The van der Waals surface area contributed by atoms with Crippen LogP contribution in [0.5, 0.6) is 11.5 Å². The van der Waals surface area contributed by atoms with Crippen LogP contribution >= 0.6 is 0 Å². The van der Waals surface area contributed by atoms with E-state index in [0.29, 0.717) is 46.8 Å². The van der Waals surface area contributed by atoms with Crippen LogP contribution in [-0.4, -0.2) is 46.6 Å². The van der Waals surface area contributed by atoms with Crippen molar-refractivity contribution >= 4 is 34.0 Å². The third-order valence-electron chi connectivity index (χ3n) is 6.00. The second-order valence-electron chi connectivity index (χ2n) is 8.15. The maximum absolute atomic E-state index is 13.1. The Labute approximate surface area is 189 Å². The van der Waals surface area contributed by atoms with Gasteiger partial charge in [0.15, 0.2) is 17.1 Å². The Kier molecular flexibility index (Phi) is 4.76. The highest BCUT2D eigenvalue weighted by molar-refractivity contribution is 6.08. The van der Waals surface area contributed by atoms with E-state index >= 15 is 0 Å². The highest BCUT2D eigenvalue weighted by Crippen LogP contribution is 2.34. The standard InChI is InChI=1S/C24H22N4O5/c25-22-20(24(29)31-12-15-4-3-9-30-15)21-23(27-17-6-2-1-5-16(17)26-21)28(22)11-14-7-8-18-19(10-14)33-13-32-18/h1-2,5-8,10,15H,3-4,9,11-13,25H2. The lowest BCUT2D eigenvalue weighted by atomic mass is 10.2. The topological polar surface area (TPSA) is 111 Å². The summed E-state index contributed by atoms with van der Waals surface area (Å²) in [7, 11) is 0. The number of para-hydroxylation sites is 2. The summed E-state index contributed by atoms with van der Waals surface area (Å²) in [5, 5.41) is 0. The Morgan fingerprint density at radius 1 is 1.12 bits per heavy atom. The van der Waals surface area contributed by atoms with Crippen molar-refractivity contribution in [3.8, 4) is 11.5 Å². The van der Waals surface area contributed by atoms with Crippen LogP contribution in [0.25, 0.3) is 22.2 Å². The lowest BCUT2D eigenvalue weighted by Crippen LogP contribution is -2.18. The van der Waals surface area contributed by atoms with E-state index in [1.807, 2.05) is 42.5 Å². The molecule has 1 fully saturated rings. The lowest BCUT2D eigenvalue weighted by molar-refractivity contribution is 0.0163. The Morgan fingerprint density at radius 3 is 2.76 bits per heavy atom. The van der Waals surface area contributed by atoms with Gasteiger partial charge in [-0.1, -0.05) is 18.2 Å². The van der Waals surface area contributed by atoms with Gasteiger partial charge >= 0.3 is 5.97 Å². The van der Waals surface area contributed by atoms with E-state index in [1.165, 1.54) is 0 Å². The zero-order chi connectivity index (χ0) is 22.4. The van der Waals surface area contributed by atoms with Gasteiger partial charge in [-0.05, 0) is 42.7 Å². The number of esters is 1. The average molecular weight is 446 g/mol. The molecule has 2 N–H and O–H groups in total. The van der Waals surface area contributed by atoms with E-state index in [0.717, 1.165) is 18.4 Å². The number of nitrogens with two attached hydrogens (primary N) is 1. The molecule has 0 amide bonds. The van der Waals surface area contributed by atoms with Crippen LogP contribution in [-0.2, 0) is 16.0 Å². The van der Waals surface area contributed by atoms with Crippen molar-refractivity contribution in [2.24, 2.45) is 0 Å². The predicted octanol–water partition coefficient (Wildman–Crippen LogP) is 3.28. The fourth-order valence-corrected chi connectivity index (χ4v) is 4.32. The van der Waals surface area contributed by atoms with Gasteiger partial charge in [0.1, 0.15) is 23.5 Å². The average Bonchev–Trinajstić information content (AvgIpc) is 3.57. The first-order valence-electron chi connectivity index (χ1n) is 10.9. The number of ether oxygens (including phenoxy) is 4. The molecule has 4 aromatic rings. The van der Waals surface area contributed by atoms with Crippen LogP contribution in [0.3, 0.4) is 0 Å². The molecule has 1 saturated heterocycles. The van der Waals surface area contributed by atoms with E-state index in [2.05, 4.69) is 0 Å². The fourth-order valence-electron chi connectivity index (χ4n) is 4.32. The first-order valence-corrected chi connectivity index (χ1v) is 10.9. The van der Waals surface area contributed by atoms with Gasteiger partial charge in [0.05, 0.1) is 23.7 Å². The first kappa shape index (κ1) is 19.8. The summed E-state index contributed by atoms with van der Waals surface area (Å²) in [5.74, 6) is 1.11. The van der Waals surface area contributed by atoms with Crippen molar-refractivity contribution in [3.05, 3.63) is 53.6 Å². The molecule has 0 radical (unpaired) electrons. The van der Waals surface area contributed by atoms with Crippen LogP contribution in [0.4, 0.5) is 5.82 Å². The third-order valence-corrected chi connectivity index (χ3v) is 6.00. The number of hydrogen-bond donors (Lipinski definition) is 1. The van der Waals surface area contributed by atoms with Crippen LogP contribution in [0.1, 0.15) is 28.8 Å². The molecule has 2 aliphatic rings. The maximum Gasteiger partial charge on any atom is 0.344 e. The Bertz CT molecular complexity index is 1380. The van der Waals surface area contributed by atoms with Gasteiger partial charge in [0, 0.05) is 6.61 Å². The Morgan fingerprint density at radius 2 is 1.94 bits per heavy atom. The van der Waals surface area contributed by atoms with Gasteiger partial charge in [-0.25, -0.2) is 14.8 Å². The second kappa shape index (κ2) is 7.93. The first-order chi connectivity index (χ1) is 16.2. The maximum atomic E-state index is 13.1. The van der Waals surface area contributed by atoms with Gasteiger partial charge in [-0.15, -0.1) is 0 Å². The van der Waals surface area contributed by atoms with Crippen molar-refractivity contribution in [1.29, 1.82) is 0 Å². The molecule has 2 aromatic carbocycles. The quantitative estimate of drug-likeness (QED) is 0.465. The molecular weight excluding hydrogens is 424 g/mol. The highest BCUT2D eigenvalue weighted by atomic mass is 16.7. The minimum Gasteiger partial charge on any atom is -0.459 e. The summed E-state index contributed by atoms with van der Waals surface area (Å²) in [6.07, 6.45) is 1.76. The SMILES string of the molecule is Nc1c(C(=O)OCC2CCCO2)c2nc3ccccc3nc2n1Cc1ccc2c(c1)OCO2. The molecular formula is C24H22N4O5. The number of carbonyl (C=O) groups excluding carboxylic acids is 1.